The van der Waals surface area contributed by atoms with Crippen LogP contribution < -0.4 is 10.6 Å². The Morgan fingerprint density at radius 3 is 1.58 bits per heavy atom. The standard InChI is InChI=1S/C25H46N2O3S/c1-3-4-5-6-7-8-9-10-11-12-13-14-15-16-17-18-21-27(2)25-20-19-23(22-24(25)26)31(28,29)30/h19-20,22H,3-18,21,26H2,1-2H3,(H,28,29,30). The number of benzene rings is 1. The molecule has 3 N–H and O–H groups in total. The molecule has 0 bridgehead atoms. The van der Waals surface area contributed by atoms with Crippen LogP contribution in [0.5, 0.6) is 0 Å². The molecular formula is C25H46N2O3S. The van der Waals surface area contributed by atoms with Crippen LogP contribution in [-0.4, -0.2) is 26.6 Å². The average molecular weight is 455 g/mol. The highest BCUT2D eigenvalue weighted by molar-refractivity contribution is 7.85. The molecule has 0 heterocycles. The maximum Gasteiger partial charge on any atom is 0.294 e. The molecule has 0 aromatic heterocycles. The van der Waals surface area contributed by atoms with Crippen LogP contribution in [0.1, 0.15) is 110 Å². The first-order chi connectivity index (χ1) is 14.9. The molecular weight excluding hydrogens is 408 g/mol. The van der Waals surface area contributed by atoms with Crippen LogP contribution in [0.15, 0.2) is 23.1 Å². The molecule has 0 radical (unpaired) electrons. The maximum atomic E-state index is 11.2. The van der Waals surface area contributed by atoms with Gasteiger partial charge >= 0.3 is 0 Å². The first kappa shape index (κ1) is 27.8. The van der Waals surface area contributed by atoms with Gasteiger partial charge in [-0.2, -0.15) is 8.42 Å². The molecule has 1 aromatic carbocycles. The molecule has 0 spiro atoms. The zero-order valence-corrected chi connectivity index (χ0v) is 20.8. The smallest absolute Gasteiger partial charge is 0.294 e. The maximum absolute atomic E-state index is 11.2. The second kappa shape index (κ2) is 16.4. The minimum Gasteiger partial charge on any atom is -0.397 e. The zero-order valence-electron chi connectivity index (χ0n) is 19.9. The highest BCUT2D eigenvalue weighted by Gasteiger charge is 2.13. The molecule has 6 heteroatoms. The molecule has 31 heavy (non-hydrogen) atoms. The number of nitrogens with zero attached hydrogens (tertiary/aromatic N) is 1. The minimum atomic E-state index is -4.21. The SMILES string of the molecule is CCCCCCCCCCCCCCCCCCN(C)c1ccc(S(=O)(=O)O)cc1N. The van der Waals surface area contributed by atoms with Crippen molar-refractivity contribution in [2.45, 2.75) is 115 Å². The Hall–Kier alpha value is -1.27. The van der Waals surface area contributed by atoms with Crippen molar-refractivity contribution in [1.82, 2.24) is 0 Å². The topological polar surface area (TPSA) is 83.6 Å². The molecule has 0 fully saturated rings. The van der Waals surface area contributed by atoms with E-state index in [1.54, 1.807) is 6.07 Å². The van der Waals surface area contributed by atoms with Gasteiger partial charge in [0.15, 0.2) is 0 Å². The summed E-state index contributed by atoms with van der Waals surface area (Å²) in [5.41, 5.74) is 7.13. The van der Waals surface area contributed by atoms with E-state index in [2.05, 4.69) is 6.92 Å². The molecule has 0 aliphatic heterocycles. The van der Waals surface area contributed by atoms with E-state index in [1.165, 1.54) is 108 Å². The number of anilines is 2. The van der Waals surface area contributed by atoms with E-state index in [-0.39, 0.29) is 4.90 Å². The third-order valence-electron chi connectivity index (χ3n) is 6.06. The van der Waals surface area contributed by atoms with Crippen LogP contribution in [0.3, 0.4) is 0 Å². The quantitative estimate of drug-likeness (QED) is 0.131. The molecule has 0 saturated carbocycles. The van der Waals surface area contributed by atoms with Crippen LogP contribution in [0.4, 0.5) is 11.4 Å². The van der Waals surface area contributed by atoms with Crippen LogP contribution in [0, 0.1) is 0 Å². The van der Waals surface area contributed by atoms with Crippen LogP contribution in [0.25, 0.3) is 0 Å². The lowest BCUT2D eigenvalue weighted by Gasteiger charge is -2.21. The monoisotopic (exact) mass is 454 g/mol. The lowest BCUT2D eigenvalue weighted by Crippen LogP contribution is -2.20. The van der Waals surface area contributed by atoms with E-state index in [0.29, 0.717) is 5.69 Å². The van der Waals surface area contributed by atoms with Gasteiger partial charge in [-0.1, -0.05) is 103 Å². The van der Waals surface area contributed by atoms with E-state index in [4.69, 9.17) is 10.3 Å². The summed E-state index contributed by atoms with van der Waals surface area (Å²) >= 11 is 0. The summed E-state index contributed by atoms with van der Waals surface area (Å²) in [5, 5.41) is 0. The Kier molecular flexibility index (Phi) is 14.7. The Morgan fingerprint density at radius 2 is 1.19 bits per heavy atom. The number of rotatable bonds is 19. The van der Waals surface area contributed by atoms with E-state index in [1.807, 2.05) is 11.9 Å². The van der Waals surface area contributed by atoms with Crippen LogP contribution in [0.2, 0.25) is 0 Å². The number of nitrogens with two attached hydrogens (primary N) is 1. The lowest BCUT2D eigenvalue weighted by atomic mass is 10.0. The molecule has 5 nitrogen and oxygen atoms in total. The number of hydrogen-bond donors (Lipinski definition) is 2. The molecule has 0 amide bonds. The molecule has 1 rings (SSSR count). The van der Waals surface area contributed by atoms with Crippen LogP contribution >= 0.6 is 0 Å². The van der Waals surface area contributed by atoms with Gasteiger partial charge in [0.2, 0.25) is 0 Å². The second-order valence-electron chi connectivity index (χ2n) is 8.92. The predicted octanol–water partition coefficient (Wildman–Crippen LogP) is 7.21. The first-order valence-electron chi connectivity index (χ1n) is 12.4. The largest absolute Gasteiger partial charge is 0.397 e. The highest BCUT2D eigenvalue weighted by Crippen LogP contribution is 2.25. The minimum absolute atomic E-state index is 0.162. The summed E-state index contributed by atoms with van der Waals surface area (Å²) in [4.78, 5) is 1.89. The van der Waals surface area contributed by atoms with Gasteiger partial charge in [0.1, 0.15) is 0 Å². The van der Waals surface area contributed by atoms with Crippen LogP contribution in [-0.2, 0) is 10.1 Å². The van der Waals surface area contributed by atoms with Crippen molar-refractivity contribution in [3.05, 3.63) is 18.2 Å². The van der Waals surface area contributed by atoms with Crippen molar-refractivity contribution >= 4 is 21.5 Å². The number of nitrogen functional groups attached to an aromatic ring is 1. The summed E-state index contributed by atoms with van der Waals surface area (Å²) in [5.74, 6) is 0. The third-order valence-corrected chi connectivity index (χ3v) is 6.90. The Morgan fingerprint density at radius 1 is 0.774 bits per heavy atom. The third kappa shape index (κ3) is 13.0. The van der Waals surface area contributed by atoms with E-state index < -0.39 is 10.1 Å². The van der Waals surface area contributed by atoms with Crippen molar-refractivity contribution in [3.8, 4) is 0 Å². The molecule has 0 aliphatic carbocycles. The van der Waals surface area contributed by atoms with Gasteiger partial charge in [0.05, 0.1) is 16.3 Å². The highest BCUT2D eigenvalue weighted by atomic mass is 32.2. The predicted molar refractivity (Wildman–Crippen MR) is 133 cm³/mol. The molecule has 1 aromatic rings. The van der Waals surface area contributed by atoms with Crippen molar-refractivity contribution in [2.75, 3.05) is 24.2 Å². The fourth-order valence-corrected chi connectivity index (χ4v) is 4.57. The summed E-state index contributed by atoms with van der Waals surface area (Å²) < 4.78 is 31.5. The molecule has 0 saturated heterocycles. The fourth-order valence-electron chi connectivity index (χ4n) is 4.06. The van der Waals surface area contributed by atoms with Gasteiger partial charge in [-0.3, -0.25) is 4.55 Å². The van der Waals surface area contributed by atoms with Crippen molar-refractivity contribution in [2.24, 2.45) is 0 Å². The summed E-state index contributed by atoms with van der Waals surface area (Å²) in [6, 6.07) is 4.37. The Bertz CT molecular complexity index is 692. The summed E-state index contributed by atoms with van der Waals surface area (Å²) in [7, 11) is -2.25. The second-order valence-corrected chi connectivity index (χ2v) is 10.3. The average Bonchev–Trinajstić information content (AvgIpc) is 2.72. The van der Waals surface area contributed by atoms with Gasteiger partial charge in [0.25, 0.3) is 10.1 Å². The molecule has 0 aliphatic rings. The van der Waals surface area contributed by atoms with Gasteiger partial charge in [-0.25, -0.2) is 0 Å². The Labute approximate surface area is 191 Å². The van der Waals surface area contributed by atoms with Crippen molar-refractivity contribution in [1.29, 1.82) is 0 Å². The summed E-state index contributed by atoms with van der Waals surface area (Å²) in [6.45, 7) is 3.16. The molecule has 0 atom stereocenters. The summed E-state index contributed by atoms with van der Waals surface area (Å²) in [6.07, 6.45) is 21.6. The molecule has 180 valence electrons. The van der Waals surface area contributed by atoms with Crippen molar-refractivity contribution in [3.63, 3.8) is 0 Å². The molecule has 0 unspecified atom stereocenters. The Balaban J connectivity index is 1.98. The number of unbranched alkanes of at least 4 members (excludes halogenated alkanes) is 15. The lowest BCUT2D eigenvalue weighted by molar-refractivity contribution is 0.483. The normalized spacial score (nSPS) is 11.7. The zero-order chi connectivity index (χ0) is 23.0. The van der Waals surface area contributed by atoms with Gasteiger partial charge < -0.3 is 10.6 Å². The van der Waals surface area contributed by atoms with Gasteiger partial charge in [-0.05, 0) is 24.6 Å². The van der Waals surface area contributed by atoms with Crippen molar-refractivity contribution < 1.29 is 13.0 Å². The number of hydrogen-bond acceptors (Lipinski definition) is 4. The van der Waals surface area contributed by atoms with E-state index >= 15 is 0 Å². The first-order valence-corrected chi connectivity index (χ1v) is 13.9. The van der Waals surface area contributed by atoms with Gasteiger partial charge in [-0.15, -0.1) is 0 Å². The van der Waals surface area contributed by atoms with E-state index in [0.717, 1.165) is 18.7 Å². The van der Waals surface area contributed by atoms with E-state index in [9.17, 15) is 8.42 Å². The van der Waals surface area contributed by atoms with Gasteiger partial charge in [0, 0.05) is 13.6 Å². The fraction of sp³-hybridized carbons (Fsp3) is 0.760.